The Bertz CT molecular complexity index is 1130. The molecule has 0 fully saturated rings. The highest BCUT2D eigenvalue weighted by atomic mass is 79.9. The molecular weight excluding hydrogens is 498 g/mol. The highest BCUT2D eigenvalue weighted by molar-refractivity contribution is 9.11. The highest BCUT2D eigenvalue weighted by Gasteiger charge is 2.16. The largest absolute Gasteiger partial charge is 0.492 e. The number of carbonyl (C=O) groups excluding carboxylic acids is 1. The molecular formula is C19H13Br2NO6. The van der Waals surface area contributed by atoms with Gasteiger partial charge in [-0.05, 0) is 46.3 Å². The minimum Gasteiger partial charge on any atom is -0.492 e. The summed E-state index contributed by atoms with van der Waals surface area (Å²) in [5, 5.41) is 3.28. The monoisotopic (exact) mass is 509 g/mol. The number of amides is 1. The summed E-state index contributed by atoms with van der Waals surface area (Å²) >= 11 is 6.71. The molecule has 1 aliphatic heterocycles. The molecule has 0 spiro atoms. The van der Waals surface area contributed by atoms with Crippen LogP contribution in [0.3, 0.4) is 0 Å². The Labute approximate surface area is 175 Å². The standard InChI is InChI=1S/C19H13Br2NO6/c20-11-5-10-6-13(19(24)28-17(10)14(21)7-11)18(23)22-3-4-25-12-1-2-15-16(8-12)27-9-26-15/h1-2,5-8H,3-4,9H2,(H,22,23). The molecule has 1 N–H and O–H groups in total. The van der Waals surface area contributed by atoms with E-state index in [0.29, 0.717) is 32.7 Å². The van der Waals surface area contributed by atoms with Crippen molar-refractivity contribution in [1.82, 2.24) is 5.32 Å². The molecule has 0 saturated heterocycles. The average molecular weight is 511 g/mol. The van der Waals surface area contributed by atoms with Gasteiger partial charge in [-0.3, -0.25) is 4.79 Å². The fourth-order valence-electron chi connectivity index (χ4n) is 2.71. The smallest absolute Gasteiger partial charge is 0.349 e. The van der Waals surface area contributed by atoms with Gasteiger partial charge >= 0.3 is 5.63 Å². The number of carbonyl (C=O) groups is 1. The molecule has 0 unspecified atom stereocenters. The Balaban J connectivity index is 1.40. The first-order chi connectivity index (χ1) is 13.5. The summed E-state index contributed by atoms with van der Waals surface area (Å²) in [6.45, 7) is 0.630. The second-order valence-electron chi connectivity index (χ2n) is 5.87. The van der Waals surface area contributed by atoms with Crippen LogP contribution in [0.15, 0.2) is 54.6 Å². The minimum atomic E-state index is -0.704. The van der Waals surface area contributed by atoms with Gasteiger partial charge in [-0.25, -0.2) is 4.79 Å². The summed E-state index contributed by atoms with van der Waals surface area (Å²) in [7, 11) is 0. The van der Waals surface area contributed by atoms with Crippen molar-refractivity contribution >= 4 is 48.7 Å². The molecule has 0 atom stereocenters. The van der Waals surface area contributed by atoms with E-state index in [0.717, 1.165) is 4.47 Å². The number of rotatable bonds is 5. The lowest BCUT2D eigenvalue weighted by atomic mass is 10.2. The van der Waals surface area contributed by atoms with Crippen LogP contribution >= 0.6 is 31.9 Å². The Hall–Kier alpha value is -2.52. The third-order valence-corrected chi connectivity index (χ3v) is 5.04. The van der Waals surface area contributed by atoms with E-state index in [9.17, 15) is 9.59 Å². The molecule has 7 nitrogen and oxygen atoms in total. The normalized spacial score (nSPS) is 12.2. The van der Waals surface area contributed by atoms with Gasteiger partial charge in [0.1, 0.15) is 17.9 Å². The van der Waals surface area contributed by atoms with E-state index in [1.54, 1.807) is 30.3 Å². The fraction of sp³-hybridized carbons (Fsp3) is 0.158. The molecule has 1 aliphatic rings. The summed E-state index contributed by atoms with van der Waals surface area (Å²) in [5.41, 5.74) is -0.388. The van der Waals surface area contributed by atoms with Crippen LogP contribution in [-0.4, -0.2) is 25.9 Å². The molecule has 0 bridgehead atoms. The van der Waals surface area contributed by atoms with Crippen molar-refractivity contribution in [3.8, 4) is 17.2 Å². The number of hydrogen-bond donors (Lipinski definition) is 1. The number of fused-ring (bicyclic) bond motifs is 2. The molecule has 3 aromatic rings. The highest BCUT2D eigenvalue weighted by Crippen LogP contribution is 2.35. The molecule has 2 aromatic carbocycles. The van der Waals surface area contributed by atoms with Crippen LogP contribution < -0.4 is 25.2 Å². The van der Waals surface area contributed by atoms with E-state index in [2.05, 4.69) is 37.2 Å². The first kappa shape index (κ1) is 18.8. The number of halogens is 2. The zero-order valence-corrected chi connectivity index (χ0v) is 17.5. The van der Waals surface area contributed by atoms with Crippen molar-refractivity contribution < 1.29 is 23.4 Å². The molecule has 4 rings (SSSR count). The molecule has 144 valence electrons. The van der Waals surface area contributed by atoms with Gasteiger partial charge in [0.25, 0.3) is 5.91 Å². The zero-order chi connectivity index (χ0) is 19.7. The Kier molecular flexibility index (Phi) is 5.27. The van der Waals surface area contributed by atoms with Crippen LogP contribution in [0.25, 0.3) is 11.0 Å². The van der Waals surface area contributed by atoms with Crippen LogP contribution in [0.1, 0.15) is 10.4 Å². The van der Waals surface area contributed by atoms with Crippen LogP contribution in [0.5, 0.6) is 17.2 Å². The molecule has 28 heavy (non-hydrogen) atoms. The molecule has 0 radical (unpaired) electrons. The second kappa shape index (κ2) is 7.84. The number of ether oxygens (including phenoxy) is 3. The fourth-order valence-corrected chi connectivity index (χ4v) is 4.05. The molecule has 9 heteroatoms. The number of nitrogens with one attached hydrogen (secondary N) is 1. The van der Waals surface area contributed by atoms with Gasteiger partial charge in [-0.2, -0.15) is 0 Å². The van der Waals surface area contributed by atoms with Crippen LogP contribution in [0, 0.1) is 0 Å². The van der Waals surface area contributed by atoms with E-state index in [4.69, 9.17) is 18.6 Å². The first-order valence-corrected chi connectivity index (χ1v) is 9.83. The maximum absolute atomic E-state index is 12.4. The predicted octanol–water partition coefficient (Wildman–Crippen LogP) is 3.86. The summed E-state index contributed by atoms with van der Waals surface area (Å²) < 4.78 is 22.8. The van der Waals surface area contributed by atoms with Gasteiger partial charge in [0.2, 0.25) is 6.79 Å². The second-order valence-corrected chi connectivity index (χ2v) is 7.64. The summed E-state index contributed by atoms with van der Waals surface area (Å²) in [4.78, 5) is 24.5. The topological polar surface area (TPSA) is 87.0 Å². The third kappa shape index (κ3) is 3.85. The zero-order valence-electron chi connectivity index (χ0n) is 14.3. The molecule has 0 aliphatic carbocycles. The van der Waals surface area contributed by atoms with E-state index >= 15 is 0 Å². The molecule has 1 aromatic heterocycles. The van der Waals surface area contributed by atoms with Gasteiger partial charge < -0.3 is 23.9 Å². The quantitative estimate of drug-likeness (QED) is 0.414. The molecule has 1 amide bonds. The Morgan fingerprint density at radius 3 is 2.79 bits per heavy atom. The van der Waals surface area contributed by atoms with Crippen molar-refractivity contribution in [2.75, 3.05) is 19.9 Å². The third-order valence-electron chi connectivity index (χ3n) is 4.00. The van der Waals surface area contributed by atoms with Gasteiger partial charge in [0.15, 0.2) is 17.1 Å². The Morgan fingerprint density at radius 2 is 1.93 bits per heavy atom. The van der Waals surface area contributed by atoms with Gasteiger partial charge in [-0.1, -0.05) is 15.9 Å². The van der Waals surface area contributed by atoms with Gasteiger partial charge in [0.05, 0.1) is 11.0 Å². The number of hydrogen-bond acceptors (Lipinski definition) is 6. The minimum absolute atomic E-state index is 0.0689. The molecule has 2 heterocycles. The lowest BCUT2D eigenvalue weighted by molar-refractivity contribution is 0.0943. The van der Waals surface area contributed by atoms with Crippen molar-refractivity contribution in [2.24, 2.45) is 0 Å². The lowest BCUT2D eigenvalue weighted by Gasteiger charge is -2.08. The predicted molar refractivity (Wildman–Crippen MR) is 108 cm³/mol. The van der Waals surface area contributed by atoms with E-state index in [1.165, 1.54) is 6.07 Å². The Morgan fingerprint density at radius 1 is 1.11 bits per heavy atom. The van der Waals surface area contributed by atoms with Gasteiger partial charge in [0, 0.05) is 15.9 Å². The van der Waals surface area contributed by atoms with Crippen LogP contribution in [-0.2, 0) is 0 Å². The maximum Gasteiger partial charge on any atom is 0.349 e. The van der Waals surface area contributed by atoms with E-state index in [1.807, 2.05) is 0 Å². The summed E-state index contributed by atoms with van der Waals surface area (Å²) in [6.07, 6.45) is 0. The van der Waals surface area contributed by atoms with Gasteiger partial charge in [-0.15, -0.1) is 0 Å². The SMILES string of the molecule is O=C(NCCOc1ccc2c(c1)OCO2)c1cc2cc(Br)cc(Br)c2oc1=O. The summed E-state index contributed by atoms with van der Waals surface area (Å²) in [6, 6.07) is 10.3. The van der Waals surface area contributed by atoms with Crippen molar-refractivity contribution in [3.63, 3.8) is 0 Å². The average Bonchev–Trinajstić information content (AvgIpc) is 3.13. The van der Waals surface area contributed by atoms with E-state index < -0.39 is 11.5 Å². The van der Waals surface area contributed by atoms with E-state index in [-0.39, 0.29) is 25.5 Å². The maximum atomic E-state index is 12.4. The van der Waals surface area contributed by atoms with Crippen LogP contribution in [0.4, 0.5) is 0 Å². The molecule has 0 saturated carbocycles. The van der Waals surface area contributed by atoms with Crippen LogP contribution in [0.2, 0.25) is 0 Å². The van der Waals surface area contributed by atoms with Crippen molar-refractivity contribution in [3.05, 3.63) is 61.3 Å². The first-order valence-electron chi connectivity index (χ1n) is 8.25. The van der Waals surface area contributed by atoms with Crippen molar-refractivity contribution in [1.29, 1.82) is 0 Å². The lowest BCUT2D eigenvalue weighted by Crippen LogP contribution is -2.31. The number of benzene rings is 2. The van der Waals surface area contributed by atoms with Crippen molar-refractivity contribution in [2.45, 2.75) is 0 Å². The summed E-state index contributed by atoms with van der Waals surface area (Å²) in [5.74, 6) is 1.36.